The lowest BCUT2D eigenvalue weighted by Gasteiger charge is -2.02. The second-order valence-corrected chi connectivity index (χ2v) is 5.38. The van der Waals surface area contributed by atoms with Crippen molar-refractivity contribution in [1.82, 2.24) is 9.97 Å². The first-order valence-electron chi connectivity index (χ1n) is 5.60. The molecule has 1 aromatic carbocycles. The lowest BCUT2D eigenvalue weighted by molar-refractivity contribution is 0.103. The predicted molar refractivity (Wildman–Crippen MR) is 76.8 cm³/mol. The van der Waals surface area contributed by atoms with Crippen molar-refractivity contribution in [3.05, 3.63) is 52.5 Å². The van der Waals surface area contributed by atoms with Crippen molar-refractivity contribution in [2.24, 2.45) is 0 Å². The van der Waals surface area contributed by atoms with E-state index in [2.05, 4.69) is 15.3 Å². The second kappa shape index (κ2) is 5.15. The minimum atomic E-state index is -0.353. The summed E-state index contributed by atoms with van der Waals surface area (Å²) in [6, 6.07) is 6.08. The number of thiophene rings is 1. The monoisotopic (exact) mass is 307 g/mol. The molecule has 0 radical (unpaired) electrons. The molecule has 0 saturated heterocycles. The van der Waals surface area contributed by atoms with E-state index in [1.54, 1.807) is 12.1 Å². The minimum Gasteiger partial charge on any atom is -0.303 e. The number of hydrogen-bond donors (Lipinski definition) is 1. The van der Waals surface area contributed by atoms with Gasteiger partial charge in [0.25, 0.3) is 5.91 Å². The van der Waals surface area contributed by atoms with E-state index in [0.29, 0.717) is 9.58 Å². The highest BCUT2D eigenvalue weighted by atomic mass is 35.5. The van der Waals surface area contributed by atoms with Crippen LogP contribution in [0.2, 0.25) is 5.15 Å². The fourth-order valence-electron chi connectivity index (χ4n) is 1.69. The van der Waals surface area contributed by atoms with Gasteiger partial charge in [-0.3, -0.25) is 4.79 Å². The zero-order chi connectivity index (χ0) is 14.1. The molecular weight excluding hydrogens is 301 g/mol. The van der Waals surface area contributed by atoms with Crippen LogP contribution in [0.5, 0.6) is 0 Å². The summed E-state index contributed by atoms with van der Waals surface area (Å²) in [6.07, 6.45) is 2.86. The van der Waals surface area contributed by atoms with Crippen LogP contribution in [0, 0.1) is 5.82 Å². The molecule has 20 heavy (non-hydrogen) atoms. The minimum absolute atomic E-state index is 0.119. The topological polar surface area (TPSA) is 54.9 Å². The van der Waals surface area contributed by atoms with Crippen molar-refractivity contribution in [3.63, 3.8) is 0 Å². The molecule has 4 nitrogen and oxygen atoms in total. The van der Waals surface area contributed by atoms with Crippen LogP contribution in [0.25, 0.3) is 10.1 Å². The summed E-state index contributed by atoms with van der Waals surface area (Å²) in [4.78, 5) is 20.3. The number of nitrogens with one attached hydrogen (secondary N) is 1. The Labute approximate surface area is 122 Å². The standard InChI is InChI=1S/C13H7ClFN3OS/c14-11-12(17-4-3-16-11)18-13(19)10-5-7-1-2-8(15)6-9(7)20-10/h1-6H,(H,17,18,19). The molecule has 0 aliphatic rings. The molecule has 0 atom stereocenters. The first-order valence-corrected chi connectivity index (χ1v) is 6.80. The summed E-state index contributed by atoms with van der Waals surface area (Å²) < 4.78 is 13.8. The molecule has 1 N–H and O–H groups in total. The van der Waals surface area contributed by atoms with Crippen molar-refractivity contribution >= 4 is 44.7 Å². The Balaban J connectivity index is 1.91. The summed E-state index contributed by atoms with van der Waals surface area (Å²) in [6.45, 7) is 0. The number of aromatic nitrogens is 2. The molecule has 0 spiro atoms. The van der Waals surface area contributed by atoms with Crippen molar-refractivity contribution in [2.45, 2.75) is 0 Å². The fourth-order valence-corrected chi connectivity index (χ4v) is 2.83. The Morgan fingerprint density at radius 1 is 1.25 bits per heavy atom. The molecule has 2 heterocycles. The number of fused-ring (bicyclic) bond motifs is 1. The Hall–Kier alpha value is -2.05. The fraction of sp³-hybridized carbons (Fsp3) is 0. The largest absolute Gasteiger partial charge is 0.303 e. The van der Waals surface area contributed by atoms with E-state index in [9.17, 15) is 9.18 Å². The number of amides is 1. The number of nitrogens with zero attached hydrogens (tertiary/aromatic N) is 2. The van der Waals surface area contributed by atoms with E-state index in [4.69, 9.17) is 11.6 Å². The number of carbonyl (C=O) groups is 1. The normalized spacial score (nSPS) is 10.7. The SMILES string of the molecule is O=C(Nc1nccnc1Cl)c1cc2ccc(F)cc2s1. The van der Waals surface area contributed by atoms with Gasteiger partial charge in [0.1, 0.15) is 5.82 Å². The van der Waals surface area contributed by atoms with Gasteiger partial charge in [-0.25, -0.2) is 14.4 Å². The zero-order valence-electron chi connectivity index (χ0n) is 9.93. The smallest absolute Gasteiger partial charge is 0.267 e. The van der Waals surface area contributed by atoms with Crippen molar-refractivity contribution < 1.29 is 9.18 Å². The Morgan fingerprint density at radius 2 is 2.05 bits per heavy atom. The van der Waals surface area contributed by atoms with Crippen LogP contribution < -0.4 is 5.32 Å². The molecule has 0 fully saturated rings. The molecule has 0 aliphatic carbocycles. The average molecular weight is 308 g/mol. The Morgan fingerprint density at radius 3 is 2.85 bits per heavy atom. The third-order valence-electron chi connectivity index (χ3n) is 2.59. The third-order valence-corrected chi connectivity index (χ3v) is 3.96. The molecule has 7 heteroatoms. The van der Waals surface area contributed by atoms with Crippen LogP contribution in [-0.4, -0.2) is 15.9 Å². The molecule has 0 bridgehead atoms. The molecule has 2 aromatic heterocycles. The zero-order valence-corrected chi connectivity index (χ0v) is 11.5. The maximum Gasteiger partial charge on any atom is 0.267 e. The number of benzene rings is 1. The van der Waals surface area contributed by atoms with Crippen LogP contribution in [-0.2, 0) is 0 Å². The Kier molecular flexibility index (Phi) is 3.33. The lowest BCUT2D eigenvalue weighted by atomic mass is 10.2. The van der Waals surface area contributed by atoms with Gasteiger partial charge in [-0.2, -0.15) is 0 Å². The van der Waals surface area contributed by atoms with Crippen molar-refractivity contribution in [3.8, 4) is 0 Å². The van der Waals surface area contributed by atoms with E-state index in [0.717, 1.165) is 5.39 Å². The molecule has 0 unspecified atom stereocenters. The molecule has 0 saturated carbocycles. The number of anilines is 1. The summed E-state index contributed by atoms with van der Waals surface area (Å²) in [5.41, 5.74) is 0. The van der Waals surface area contributed by atoms with Gasteiger partial charge in [0.15, 0.2) is 11.0 Å². The van der Waals surface area contributed by atoms with Gasteiger partial charge in [-0.05, 0) is 23.6 Å². The molecule has 0 aliphatic heterocycles. The van der Waals surface area contributed by atoms with E-state index in [1.165, 1.54) is 35.9 Å². The molecule has 3 aromatic rings. The summed E-state index contributed by atoms with van der Waals surface area (Å²) in [5, 5.41) is 3.50. The summed E-state index contributed by atoms with van der Waals surface area (Å²) in [7, 11) is 0. The van der Waals surface area contributed by atoms with Gasteiger partial charge in [0.2, 0.25) is 0 Å². The van der Waals surface area contributed by atoms with Crippen LogP contribution in [0.4, 0.5) is 10.2 Å². The molecule has 1 amide bonds. The predicted octanol–water partition coefficient (Wildman–Crippen LogP) is 3.74. The summed E-state index contributed by atoms with van der Waals surface area (Å²) >= 11 is 7.02. The van der Waals surface area contributed by atoms with Crippen LogP contribution >= 0.6 is 22.9 Å². The second-order valence-electron chi connectivity index (χ2n) is 3.94. The average Bonchev–Trinajstić information content (AvgIpc) is 2.84. The number of carbonyl (C=O) groups excluding carboxylic acids is 1. The maximum absolute atomic E-state index is 13.1. The lowest BCUT2D eigenvalue weighted by Crippen LogP contribution is -2.12. The number of hydrogen-bond acceptors (Lipinski definition) is 4. The van der Waals surface area contributed by atoms with Gasteiger partial charge in [0, 0.05) is 17.1 Å². The molecular formula is C13H7ClFN3OS. The first kappa shape index (κ1) is 13.0. The van der Waals surface area contributed by atoms with Gasteiger partial charge in [-0.15, -0.1) is 11.3 Å². The van der Waals surface area contributed by atoms with Crippen LogP contribution in [0.15, 0.2) is 36.7 Å². The third kappa shape index (κ3) is 2.48. The first-order chi connectivity index (χ1) is 9.63. The van der Waals surface area contributed by atoms with E-state index >= 15 is 0 Å². The van der Waals surface area contributed by atoms with Crippen molar-refractivity contribution in [1.29, 1.82) is 0 Å². The quantitative estimate of drug-likeness (QED) is 0.784. The van der Waals surface area contributed by atoms with Gasteiger partial charge < -0.3 is 5.32 Å². The number of halogens is 2. The van der Waals surface area contributed by atoms with Crippen LogP contribution in [0.1, 0.15) is 9.67 Å². The molecule has 100 valence electrons. The van der Waals surface area contributed by atoms with Gasteiger partial charge in [-0.1, -0.05) is 17.7 Å². The van der Waals surface area contributed by atoms with Gasteiger partial charge >= 0.3 is 0 Å². The van der Waals surface area contributed by atoms with E-state index in [1.807, 2.05) is 0 Å². The number of rotatable bonds is 2. The highest BCUT2D eigenvalue weighted by molar-refractivity contribution is 7.20. The maximum atomic E-state index is 13.1. The highest BCUT2D eigenvalue weighted by Gasteiger charge is 2.13. The van der Waals surface area contributed by atoms with E-state index in [-0.39, 0.29) is 22.7 Å². The molecule has 3 rings (SSSR count). The Bertz CT molecular complexity index is 805. The van der Waals surface area contributed by atoms with E-state index < -0.39 is 0 Å². The highest BCUT2D eigenvalue weighted by Crippen LogP contribution is 2.27. The summed E-state index contributed by atoms with van der Waals surface area (Å²) in [5.74, 6) is -0.486. The van der Waals surface area contributed by atoms with Gasteiger partial charge in [0.05, 0.1) is 4.88 Å². The van der Waals surface area contributed by atoms with Crippen molar-refractivity contribution in [2.75, 3.05) is 5.32 Å². The van der Waals surface area contributed by atoms with Crippen LogP contribution in [0.3, 0.4) is 0 Å².